The van der Waals surface area contributed by atoms with Gasteiger partial charge in [0.05, 0.1) is 0 Å². The molecular formula is C11H21N3. The first-order valence-electron chi connectivity index (χ1n) is 4.99. The van der Waals surface area contributed by atoms with Crippen LogP contribution in [-0.4, -0.2) is 10.2 Å². The highest BCUT2D eigenvalue weighted by molar-refractivity contribution is 5.43. The number of rotatable bonds is 1. The van der Waals surface area contributed by atoms with Crippen LogP contribution in [0.1, 0.15) is 45.9 Å². The minimum absolute atomic E-state index is 0.0434. The number of aromatic nitrogens is 2. The van der Waals surface area contributed by atoms with Gasteiger partial charge in [-0.25, -0.2) is 0 Å². The average Bonchev–Trinajstić information content (AvgIpc) is 2.30. The van der Waals surface area contributed by atoms with Crippen molar-refractivity contribution < 1.29 is 0 Å². The second-order valence-electron chi connectivity index (χ2n) is 5.48. The molecule has 14 heavy (non-hydrogen) atoms. The maximum absolute atomic E-state index is 5.74. The van der Waals surface area contributed by atoms with Crippen molar-refractivity contribution in [1.29, 1.82) is 0 Å². The van der Waals surface area contributed by atoms with Crippen molar-refractivity contribution in [2.45, 2.75) is 47.0 Å². The monoisotopic (exact) mass is 195 g/mol. The molecule has 3 heteroatoms. The molecule has 0 aliphatic rings. The molecule has 3 nitrogen and oxygen atoms in total. The zero-order chi connectivity index (χ0) is 11.1. The number of nitrogens with one attached hydrogen (secondary N) is 1. The van der Waals surface area contributed by atoms with Crippen molar-refractivity contribution >= 4 is 5.82 Å². The molecule has 3 N–H and O–H groups in total. The van der Waals surface area contributed by atoms with E-state index in [2.05, 4.69) is 44.8 Å². The lowest BCUT2D eigenvalue weighted by Crippen LogP contribution is -2.35. The third-order valence-electron chi connectivity index (χ3n) is 3.55. The number of nitrogens with zero attached hydrogens (tertiary/aromatic N) is 1. The van der Waals surface area contributed by atoms with Crippen LogP contribution >= 0.6 is 0 Å². The molecule has 0 aliphatic heterocycles. The molecule has 0 saturated carbocycles. The predicted octanol–water partition coefficient (Wildman–Crippen LogP) is 2.62. The largest absolute Gasteiger partial charge is 0.382 e. The summed E-state index contributed by atoms with van der Waals surface area (Å²) in [6, 6.07) is 0. The van der Waals surface area contributed by atoms with E-state index in [0.717, 1.165) is 11.3 Å². The van der Waals surface area contributed by atoms with E-state index < -0.39 is 0 Å². The van der Waals surface area contributed by atoms with Crippen LogP contribution in [0.15, 0.2) is 0 Å². The molecule has 1 heterocycles. The molecule has 0 radical (unpaired) electrons. The standard InChI is InChI=1S/C11H21N3/c1-7-8(13-14-9(7)12)11(5,6)10(2,3)4/h1-6H3,(H3,12,13,14). The van der Waals surface area contributed by atoms with Crippen LogP contribution in [0.4, 0.5) is 5.82 Å². The van der Waals surface area contributed by atoms with Crippen molar-refractivity contribution in [2.24, 2.45) is 5.41 Å². The second-order valence-corrected chi connectivity index (χ2v) is 5.48. The van der Waals surface area contributed by atoms with E-state index in [-0.39, 0.29) is 10.8 Å². The zero-order valence-electron chi connectivity index (χ0n) is 10.0. The molecule has 0 fully saturated rings. The van der Waals surface area contributed by atoms with Crippen molar-refractivity contribution in [3.63, 3.8) is 0 Å². The van der Waals surface area contributed by atoms with E-state index in [1.807, 2.05) is 6.92 Å². The molecule has 0 amide bonds. The Morgan fingerprint density at radius 3 is 1.93 bits per heavy atom. The fraction of sp³-hybridized carbons (Fsp3) is 0.727. The highest BCUT2D eigenvalue weighted by Gasteiger charge is 2.37. The molecule has 0 spiro atoms. The summed E-state index contributed by atoms with van der Waals surface area (Å²) >= 11 is 0. The van der Waals surface area contributed by atoms with Crippen LogP contribution in [0.3, 0.4) is 0 Å². The molecule has 1 aromatic heterocycles. The van der Waals surface area contributed by atoms with Crippen LogP contribution in [0.25, 0.3) is 0 Å². The summed E-state index contributed by atoms with van der Waals surface area (Å²) in [6.07, 6.45) is 0. The smallest absolute Gasteiger partial charge is 0.148 e. The van der Waals surface area contributed by atoms with Crippen molar-refractivity contribution in [1.82, 2.24) is 10.2 Å². The highest BCUT2D eigenvalue weighted by Crippen LogP contribution is 2.41. The van der Waals surface area contributed by atoms with Gasteiger partial charge >= 0.3 is 0 Å². The van der Waals surface area contributed by atoms with Gasteiger partial charge in [-0.3, -0.25) is 5.10 Å². The third kappa shape index (κ3) is 1.51. The summed E-state index contributed by atoms with van der Waals surface area (Å²) in [4.78, 5) is 0. The maximum Gasteiger partial charge on any atom is 0.148 e. The van der Waals surface area contributed by atoms with Gasteiger partial charge in [0.15, 0.2) is 0 Å². The van der Waals surface area contributed by atoms with E-state index in [4.69, 9.17) is 5.73 Å². The number of aromatic amines is 1. The number of hydrogen-bond donors (Lipinski definition) is 2. The topological polar surface area (TPSA) is 54.7 Å². The number of H-pyrrole nitrogens is 1. The van der Waals surface area contributed by atoms with Gasteiger partial charge in [0, 0.05) is 16.7 Å². The average molecular weight is 195 g/mol. The van der Waals surface area contributed by atoms with Gasteiger partial charge < -0.3 is 5.73 Å². The lowest BCUT2D eigenvalue weighted by atomic mass is 9.66. The Bertz CT molecular complexity index is 329. The van der Waals surface area contributed by atoms with Gasteiger partial charge in [-0.15, -0.1) is 0 Å². The Morgan fingerprint density at radius 1 is 1.14 bits per heavy atom. The molecular weight excluding hydrogens is 174 g/mol. The predicted molar refractivity (Wildman–Crippen MR) is 60.2 cm³/mol. The number of nitrogen functional groups attached to an aromatic ring is 1. The minimum atomic E-state index is 0.0434. The van der Waals surface area contributed by atoms with E-state index in [1.54, 1.807) is 0 Å². The SMILES string of the molecule is Cc1c(N)n[nH]c1C(C)(C)C(C)(C)C. The van der Waals surface area contributed by atoms with Crippen LogP contribution in [0, 0.1) is 12.3 Å². The van der Waals surface area contributed by atoms with Gasteiger partial charge in [0.2, 0.25) is 0 Å². The van der Waals surface area contributed by atoms with Crippen LogP contribution < -0.4 is 5.73 Å². The number of hydrogen-bond acceptors (Lipinski definition) is 2. The minimum Gasteiger partial charge on any atom is -0.382 e. The Kier molecular flexibility index (Phi) is 2.38. The van der Waals surface area contributed by atoms with Crippen LogP contribution in [0.5, 0.6) is 0 Å². The molecule has 1 aromatic rings. The quantitative estimate of drug-likeness (QED) is 0.723. The first-order valence-corrected chi connectivity index (χ1v) is 4.99. The van der Waals surface area contributed by atoms with E-state index in [9.17, 15) is 0 Å². The van der Waals surface area contributed by atoms with E-state index in [0.29, 0.717) is 5.82 Å². The first-order chi connectivity index (χ1) is 6.18. The van der Waals surface area contributed by atoms with Gasteiger partial charge in [-0.1, -0.05) is 34.6 Å². The zero-order valence-corrected chi connectivity index (χ0v) is 10.0. The fourth-order valence-electron chi connectivity index (χ4n) is 1.40. The molecule has 80 valence electrons. The van der Waals surface area contributed by atoms with Crippen molar-refractivity contribution in [3.05, 3.63) is 11.3 Å². The van der Waals surface area contributed by atoms with Gasteiger partial charge in [-0.05, 0) is 12.3 Å². The Labute approximate surface area is 86.1 Å². The Hall–Kier alpha value is -0.990. The van der Waals surface area contributed by atoms with E-state index in [1.165, 1.54) is 0 Å². The summed E-state index contributed by atoms with van der Waals surface area (Å²) in [7, 11) is 0. The Balaban J connectivity index is 3.23. The fourth-order valence-corrected chi connectivity index (χ4v) is 1.40. The highest BCUT2D eigenvalue weighted by atomic mass is 15.2. The number of anilines is 1. The summed E-state index contributed by atoms with van der Waals surface area (Å²) in [5.41, 5.74) is 8.17. The summed E-state index contributed by atoms with van der Waals surface area (Å²) in [6.45, 7) is 13.1. The summed E-state index contributed by atoms with van der Waals surface area (Å²) in [5.74, 6) is 0.609. The molecule has 0 bridgehead atoms. The van der Waals surface area contributed by atoms with Crippen LogP contribution in [-0.2, 0) is 5.41 Å². The van der Waals surface area contributed by atoms with E-state index >= 15 is 0 Å². The molecule has 0 unspecified atom stereocenters. The lowest BCUT2D eigenvalue weighted by Gasteiger charge is -2.38. The lowest BCUT2D eigenvalue weighted by molar-refractivity contribution is 0.218. The second kappa shape index (κ2) is 3.01. The molecule has 0 aliphatic carbocycles. The first kappa shape index (κ1) is 11.1. The van der Waals surface area contributed by atoms with Gasteiger partial charge in [0.1, 0.15) is 5.82 Å². The molecule has 0 atom stereocenters. The summed E-state index contributed by atoms with van der Waals surface area (Å²) < 4.78 is 0. The maximum atomic E-state index is 5.74. The van der Waals surface area contributed by atoms with Crippen LogP contribution in [0.2, 0.25) is 0 Å². The van der Waals surface area contributed by atoms with Gasteiger partial charge in [-0.2, -0.15) is 5.10 Å². The molecule has 0 saturated heterocycles. The third-order valence-corrected chi connectivity index (χ3v) is 3.55. The normalized spacial score (nSPS) is 13.3. The number of nitrogens with two attached hydrogens (primary N) is 1. The Morgan fingerprint density at radius 2 is 1.64 bits per heavy atom. The summed E-state index contributed by atoms with van der Waals surface area (Å²) in [5, 5.41) is 7.09. The van der Waals surface area contributed by atoms with Crippen molar-refractivity contribution in [3.8, 4) is 0 Å². The van der Waals surface area contributed by atoms with Gasteiger partial charge in [0.25, 0.3) is 0 Å². The van der Waals surface area contributed by atoms with Crippen molar-refractivity contribution in [2.75, 3.05) is 5.73 Å². The molecule has 1 rings (SSSR count). The molecule has 0 aromatic carbocycles.